The summed E-state index contributed by atoms with van der Waals surface area (Å²) in [5.41, 5.74) is 6.25. The minimum Gasteiger partial charge on any atom is -0.504 e. The Labute approximate surface area is 88.3 Å². The molecule has 0 saturated carbocycles. The van der Waals surface area contributed by atoms with E-state index in [9.17, 15) is 9.90 Å². The summed E-state index contributed by atoms with van der Waals surface area (Å²) in [4.78, 5) is 15.4. The third kappa shape index (κ3) is 2.92. The van der Waals surface area contributed by atoms with E-state index in [1.54, 1.807) is 13.0 Å². The average Bonchev–Trinajstić information content (AvgIpc) is 2.22. The number of carbonyl (C=O) groups excluding carboxylic acids is 1. The van der Waals surface area contributed by atoms with Crippen molar-refractivity contribution in [2.45, 2.75) is 26.3 Å². The Morgan fingerprint density at radius 1 is 1.67 bits per heavy atom. The van der Waals surface area contributed by atoms with E-state index in [1.807, 2.05) is 6.92 Å². The smallest absolute Gasteiger partial charge is 0.242 e. The summed E-state index contributed by atoms with van der Waals surface area (Å²) in [5.74, 6) is -0.243. The lowest BCUT2D eigenvalue weighted by Crippen LogP contribution is -2.35. The van der Waals surface area contributed by atoms with Crippen LogP contribution in [-0.4, -0.2) is 22.0 Å². The maximum absolute atomic E-state index is 11.4. The molecular formula is C10H15N3O2. The van der Waals surface area contributed by atoms with Crippen molar-refractivity contribution >= 4 is 11.7 Å². The Morgan fingerprint density at radius 2 is 2.33 bits per heavy atom. The number of amides is 1. The van der Waals surface area contributed by atoms with Crippen molar-refractivity contribution in [2.75, 3.05) is 5.32 Å². The van der Waals surface area contributed by atoms with Crippen LogP contribution < -0.4 is 11.1 Å². The lowest BCUT2D eigenvalue weighted by Gasteiger charge is -2.10. The fourth-order valence-electron chi connectivity index (χ4n) is 1.04. The van der Waals surface area contributed by atoms with Gasteiger partial charge in [-0.3, -0.25) is 4.79 Å². The third-order valence-electron chi connectivity index (χ3n) is 2.03. The molecule has 1 aromatic rings. The van der Waals surface area contributed by atoms with Crippen LogP contribution in [0, 0.1) is 6.92 Å². The molecule has 1 rings (SSSR count). The first-order chi connectivity index (χ1) is 7.04. The van der Waals surface area contributed by atoms with Crippen LogP contribution >= 0.6 is 0 Å². The maximum Gasteiger partial charge on any atom is 0.242 e. The molecule has 5 heteroatoms. The molecule has 5 nitrogen and oxygen atoms in total. The molecule has 0 aromatic carbocycles. The van der Waals surface area contributed by atoms with E-state index < -0.39 is 6.04 Å². The summed E-state index contributed by atoms with van der Waals surface area (Å²) in [6.07, 6.45) is 0.540. The van der Waals surface area contributed by atoms with Crippen molar-refractivity contribution in [3.8, 4) is 5.75 Å². The van der Waals surface area contributed by atoms with Gasteiger partial charge in [-0.2, -0.15) is 0 Å². The van der Waals surface area contributed by atoms with Gasteiger partial charge in [0, 0.05) is 5.69 Å². The summed E-state index contributed by atoms with van der Waals surface area (Å²) in [6.45, 7) is 3.59. The first-order valence-corrected chi connectivity index (χ1v) is 4.77. The Balaban J connectivity index is 2.80. The van der Waals surface area contributed by atoms with Crippen LogP contribution in [0.15, 0.2) is 12.1 Å². The Kier molecular flexibility index (Phi) is 3.62. The number of carbonyl (C=O) groups is 1. The normalized spacial score (nSPS) is 12.2. The molecule has 1 atom stereocenters. The number of aromatic hydroxyl groups is 1. The predicted octanol–water partition coefficient (Wildman–Crippen LogP) is 0.771. The standard InChI is InChI=1S/C10H15N3O2/c1-3-7(11)10(15)13-9-8(14)5-4-6(2)12-9/h4-5,7,14H,3,11H2,1-2H3,(H,12,13,15). The van der Waals surface area contributed by atoms with Crippen molar-refractivity contribution in [1.82, 2.24) is 4.98 Å². The molecule has 0 spiro atoms. The van der Waals surface area contributed by atoms with Crippen molar-refractivity contribution < 1.29 is 9.90 Å². The molecule has 0 radical (unpaired) electrons. The second-order valence-corrected chi connectivity index (χ2v) is 3.32. The molecular weight excluding hydrogens is 194 g/mol. The molecule has 1 amide bonds. The van der Waals surface area contributed by atoms with Crippen LogP contribution in [0.3, 0.4) is 0 Å². The first-order valence-electron chi connectivity index (χ1n) is 4.77. The lowest BCUT2D eigenvalue weighted by atomic mass is 10.2. The highest BCUT2D eigenvalue weighted by molar-refractivity contribution is 5.94. The van der Waals surface area contributed by atoms with E-state index in [0.29, 0.717) is 12.1 Å². The molecule has 0 fully saturated rings. The SMILES string of the molecule is CCC(N)C(=O)Nc1nc(C)ccc1O. The number of anilines is 1. The molecule has 15 heavy (non-hydrogen) atoms. The van der Waals surface area contributed by atoms with Crippen molar-refractivity contribution in [3.63, 3.8) is 0 Å². The highest BCUT2D eigenvalue weighted by Gasteiger charge is 2.13. The Hall–Kier alpha value is -1.62. The van der Waals surface area contributed by atoms with E-state index in [2.05, 4.69) is 10.3 Å². The number of pyridine rings is 1. The van der Waals surface area contributed by atoms with Gasteiger partial charge in [-0.05, 0) is 25.5 Å². The quantitative estimate of drug-likeness (QED) is 0.686. The summed E-state index contributed by atoms with van der Waals surface area (Å²) in [5, 5.41) is 11.9. The van der Waals surface area contributed by atoms with Gasteiger partial charge in [0.15, 0.2) is 11.6 Å². The number of nitrogens with two attached hydrogens (primary N) is 1. The van der Waals surface area contributed by atoms with Crippen LogP contribution in [0.5, 0.6) is 5.75 Å². The van der Waals surface area contributed by atoms with Crippen LogP contribution in [0.2, 0.25) is 0 Å². The van der Waals surface area contributed by atoms with E-state index in [0.717, 1.165) is 0 Å². The number of hydrogen-bond donors (Lipinski definition) is 3. The van der Waals surface area contributed by atoms with Crippen molar-refractivity contribution in [2.24, 2.45) is 5.73 Å². The molecule has 82 valence electrons. The van der Waals surface area contributed by atoms with Gasteiger partial charge in [0.1, 0.15) is 0 Å². The summed E-state index contributed by atoms with van der Waals surface area (Å²) in [7, 11) is 0. The monoisotopic (exact) mass is 209 g/mol. The molecule has 0 saturated heterocycles. The van der Waals surface area contributed by atoms with E-state index >= 15 is 0 Å². The van der Waals surface area contributed by atoms with E-state index in [-0.39, 0.29) is 17.5 Å². The molecule has 1 unspecified atom stereocenters. The fourth-order valence-corrected chi connectivity index (χ4v) is 1.04. The van der Waals surface area contributed by atoms with Gasteiger partial charge < -0.3 is 16.2 Å². The second-order valence-electron chi connectivity index (χ2n) is 3.32. The molecule has 1 aromatic heterocycles. The molecule has 0 bridgehead atoms. The highest BCUT2D eigenvalue weighted by atomic mass is 16.3. The third-order valence-corrected chi connectivity index (χ3v) is 2.03. The Bertz CT molecular complexity index is 366. The maximum atomic E-state index is 11.4. The zero-order valence-electron chi connectivity index (χ0n) is 8.82. The van der Waals surface area contributed by atoms with Crippen molar-refractivity contribution in [3.05, 3.63) is 17.8 Å². The highest BCUT2D eigenvalue weighted by Crippen LogP contribution is 2.20. The topological polar surface area (TPSA) is 88.2 Å². The zero-order valence-corrected chi connectivity index (χ0v) is 8.82. The summed E-state index contributed by atoms with van der Waals surface area (Å²) >= 11 is 0. The summed E-state index contributed by atoms with van der Waals surface area (Å²) in [6, 6.07) is 2.56. The van der Waals surface area contributed by atoms with E-state index in [1.165, 1.54) is 6.07 Å². The molecule has 0 aliphatic rings. The van der Waals surface area contributed by atoms with Gasteiger partial charge in [-0.25, -0.2) is 4.98 Å². The summed E-state index contributed by atoms with van der Waals surface area (Å²) < 4.78 is 0. The first kappa shape index (κ1) is 11.5. The Morgan fingerprint density at radius 3 is 2.93 bits per heavy atom. The second kappa shape index (κ2) is 4.75. The number of nitrogens with one attached hydrogen (secondary N) is 1. The number of nitrogens with zero attached hydrogens (tertiary/aromatic N) is 1. The zero-order chi connectivity index (χ0) is 11.4. The largest absolute Gasteiger partial charge is 0.504 e. The van der Waals surface area contributed by atoms with Crippen LogP contribution in [-0.2, 0) is 4.79 Å². The van der Waals surface area contributed by atoms with Crippen LogP contribution in [0.1, 0.15) is 19.0 Å². The number of rotatable bonds is 3. The van der Waals surface area contributed by atoms with Crippen LogP contribution in [0.4, 0.5) is 5.82 Å². The minimum atomic E-state index is -0.577. The van der Waals surface area contributed by atoms with Gasteiger partial charge in [-0.1, -0.05) is 6.92 Å². The molecule has 0 aliphatic heterocycles. The number of hydrogen-bond acceptors (Lipinski definition) is 4. The number of aryl methyl sites for hydroxylation is 1. The van der Waals surface area contributed by atoms with Gasteiger partial charge in [0.25, 0.3) is 0 Å². The fraction of sp³-hybridized carbons (Fsp3) is 0.400. The molecule has 4 N–H and O–H groups in total. The van der Waals surface area contributed by atoms with E-state index in [4.69, 9.17) is 5.73 Å². The number of aromatic nitrogens is 1. The molecule has 1 heterocycles. The van der Waals surface area contributed by atoms with Gasteiger partial charge in [0.2, 0.25) is 5.91 Å². The van der Waals surface area contributed by atoms with Crippen molar-refractivity contribution in [1.29, 1.82) is 0 Å². The van der Waals surface area contributed by atoms with Gasteiger partial charge in [0.05, 0.1) is 6.04 Å². The average molecular weight is 209 g/mol. The lowest BCUT2D eigenvalue weighted by molar-refractivity contribution is -0.117. The van der Waals surface area contributed by atoms with Gasteiger partial charge >= 0.3 is 0 Å². The predicted molar refractivity (Wildman–Crippen MR) is 57.5 cm³/mol. The van der Waals surface area contributed by atoms with Gasteiger partial charge in [-0.15, -0.1) is 0 Å². The minimum absolute atomic E-state index is 0.0581. The van der Waals surface area contributed by atoms with Crippen LogP contribution in [0.25, 0.3) is 0 Å². The molecule has 0 aliphatic carbocycles.